The molecule has 0 aromatic carbocycles. The topological polar surface area (TPSA) is 50.7 Å². The third-order valence-electron chi connectivity index (χ3n) is 2.67. The summed E-state index contributed by atoms with van der Waals surface area (Å²) < 4.78 is 0.677. The average molecular weight is 309 g/mol. The molecule has 0 saturated heterocycles. The monoisotopic (exact) mass is 308 g/mol. The number of hydrogen-bond donors (Lipinski definition) is 1. The number of hydrogen-bond acceptors (Lipinski definition) is 5. The van der Waals surface area contributed by atoms with Crippen LogP contribution in [0.1, 0.15) is 35.4 Å². The molecule has 0 radical (unpaired) electrons. The molecular weight excluding hydrogens is 292 g/mol. The Labute approximate surface area is 128 Å². The minimum absolute atomic E-state index is 0.510. The van der Waals surface area contributed by atoms with Gasteiger partial charge in [-0.2, -0.15) is 0 Å². The molecule has 0 saturated carbocycles. The van der Waals surface area contributed by atoms with E-state index in [2.05, 4.69) is 33.8 Å². The molecule has 0 aliphatic rings. The first-order valence-electron chi connectivity index (χ1n) is 6.46. The molecule has 20 heavy (non-hydrogen) atoms. The quantitative estimate of drug-likeness (QED) is 0.885. The van der Waals surface area contributed by atoms with Gasteiger partial charge in [-0.3, -0.25) is 0 Å². The van der Waals surface area contributed by atoms with Crippen LogP contribution in [0.4, 0.5) is 0 Å². The molecule has 0 fully saturated rings. The highest BCUT2D eigenvalue weighted by atomic mass is 35.5. The Balaban J connectivity index is 1.99. The van der Waals surface area contributed by atoms with Gasteiger partial charge >= 0.3 is 0 Å². The second kappa shape index (κ2) is 6.81. The van der Waals surface area contributed by atoms with Crippen molar-refractivity contribution in [2.75, 3.05) is 0 Å². The van der Waals surface area contributed by atoms with Crippen LogP contribution < -0.4 is 5.32 Å². The number of nitrogens with zero attached hydrogens (tertiary/aromatic N) is 3. The second-order valence-electron chi connectivity index (χ2n) is 4.49. The lowest BCUT2D eigenvalue weighted by Gasteiger charge is -2.06. The minimum atomic E-state index is 0.510. The number of thiazole rings is 1. The molecule has 2 rings (SSSR count). The SMILES string of the molecule is C=C(NCc1ncc(C)cn1)c1nc(CCC)sc1Cl. The van der Waals surface area contributed by atoms with Crippen LogP contribution in [0.15, 0.2) is 19.0 Å². The van der Waals surface area contributed by atoms with Gasteiger partial charge in [-0.15, -0.1) is 11.3 Å². The first-order chi connectivity index (χ1) is 9.60. The molecule has 0 spiro atoms. The first-order valence-corrected chi connectivity index (χ1v) is 7.65. The molecule has 0 amide bonds. The zero-order valence-corrected chi connectivity index (χ0v) is 13.2. The molecule has 0 atom stereocenters. The van der Waals surface area contributed by atoms with Crippen molar-refractivity contribution < 1.29 is 0 Å². The maximum atomic E-state index is 6.20. The van der Waals surface area contributed by atoms with Crippen molar-refractivity contribution in [1.82, 2.24) is 20.3 Å². The Bertz CT molecular complexity index is 592. The highest BCUT2D eigenvalue weighted by Gasteiger charge is 2.12. The summed E-state index contributed by atoms with van der Waals surface area (Å²) in [6.07, 6.45) is 5.59. The summed E-state index contributed by atoms with van der Waals surface area (Å²) in [6.45, 7) is 8.58. The van der Waals surface area contributed by atoms with Gasteiger partial charge in [0.1, 0.15) is 15.9 Å². The van der Waals surface area contributed by atoms with Crippen molar-refractivity contribution in [3.8, 4) is 0 Å². The van der Waals surface area contributed by atoms with Gasteiger partial charge in [0, 0.05) is 12.4 Å². The second-order valence-corrected chi connectivity index (χ2v) is 6.17. The fourth-order valence-electron chi connectivity index (χ4n) is 1.63. The van der Waals surface area contributed by atoms with E-state index in [1.807, 2.05) is 6.92 Å². The van der Waals surface area contributed by atoms with E-state index in [0.717, 1.165) is 34.9 Å². The minimum Gasteiger partial charge on any atom is -0.376 e. The van der Waals surface area contributed by atoms with Gasteiger partial charge in [0.2, 0.25) is 0 Å². The number of aromatic nitrogens is 3. The van der Waals surface area contributed by atoms with Crippen LogP contribution in [0.2, 0.25) is 4.34 Å². The van der Waals surface area contributed by atoms with Crippen molar-refractivity contribution >= 4 is 28.6 Å². The lowest BCUT2D eigenvalue weighted by molar-refractivity contribution is 0.802. The van der Waals surface area contributed by atoms with Crippen LogP contribution in [-0.2, 0) is 13.0 Å². The summed E-state index contributed by atoms with van der Waals surface area (Å²) >= 11 is 7.72. The van der Waals surface area contributed by atoms with Crippen molar-refractivity contribution in [1.29, 1.82) is 0 Å². The van der Waals surface area contributed by atoms with Crippen molar-refractivity contribution in [3.05, 3.63) is 45.4 Å². The maximum absolute atomic E-state index is 6.20. The summed E-state index contributed by atoms with van der Waals surface area (Å²) in [7, 11) is 0. The van der Waals surface area contributed by atoms with Crippen molar-refractivity contribution in [3.63, 3.8) is 0 Å². The Morgan fingerprint density at radius 2 is 2.10 bits per heavy atom. The van der Waals surface area contributed by atoms with Crippen LogP contribution in [0.3, 0.4) is 0 Å². The third-order valence-corrected chi connectivity index (χ3v) is 3.99. The normalized spacial score (nSPS) is 10.6. The summed E-state index contributed by atoms with van der Waals surface area (Å²) in [5.74, 6) is 0.719. The van der Waals surface area contributed by atoms with Crippen LogP contribution in [0.5, 0.6) is 0 Å². The largest absolute Gasteiger partial charge is 0.376 e. The summed E-state index contributed by atoms with van der Waals surface area (Å²) in [4.78, 5) is 13.0. The van der Waals surface area contributed by atoms with Crippen LogP contribution in [-0.4, -0.2) is 15.0 Å². The molecule has 0 unspecified atom stereocenters. The highest BCUT2D eigenvalue weighted by molar-refractivity contribution is 7.16. The first kappa shape index (κ1) is 14.9. The number of nitrogens with one attached hydrogen (secondary N) is 1. The average Bonchev–Trinajstić information content (AvgIpc) is 2.79. The van der Waals surface area contributed by atoms with Gasteiger partial charge in [-0.05, 0) is 25.3 Å². The number of rotatable bonds is 6. The van der Waals surface area contributed by atoms with E-state index in [1.54, 1.807) is 12.4 Å². The number of aryl methyl sites for hydroxylation is 2. The fraction of sp³-hybridized carbons (Fsp3) is 0.357. The zero-order chi connectivity index (χ0) is 14.5. The van der Waals surface area contributed by atoms with Gasteiger partial charge in [0.25, 0.3) is 0 Å². The van der Waals surface area contributed by atoms with Crippen molar-refractivity contribution in [2.24, 2.45) is 0 Å². The van der Waals surface area contributed by atoms with Crippen LogP contribution in [0.25, 0.3) is 5.70 Å². The van der Waals surface area contributed by atoms with Gasteiger partial charge < -0.3 is 5.32 Å². The molecule has 106 valence electrons. The predicted octanol–water partition coefficient (Wildman–Crippen LogP) is 3.61. The molecule has 2 aromatic heterocycles. The predicted molar refractivity (Wildman–Crippen MR) is 83.8 cm³/mol. The summed E-state index contributed by atoms with van der Waals surface area (Å²) in [5.41, 5.74) is 2.48. The molecule has 0 aliphatic carbocycles. The molecule has 0 aliphatic heterocycles. The van der Waals surface area contributed by atoms with Crippen LogP contribution >= 0.6 is 22.9 Å². The molecule has 2 aromatic rings. The molecular formula is C14H17ClN4S. The lowest BCUT2D eigenvalue weighted by Crippen LogP contribution is -2.13. The van der Waals surface area contributed by atoms with E-state index in [0.29, 0.717) is 16.6 Å². The molecule has 6 heteroatoms. The zero-order valence-electron chi connectivity index (χ0n) is 11.6. The Hall–Kier alpha value is -1.46. The van der Waals surface area contributed by atoms with E-state index in [9.17, 15) is 0 Å². The standard InChI is InChI=1S/C14H17ClN4S/c1-4-5-12-19-13(14(15)20-12)10(3)16-8-11-17-6-9(2)7-18-11/h6-7,16H,3-5,8H2,1-2H3. The molecule has 0 bridgehead atoms. The lowest BCUT2D eigenvalue weighted by atomic mass is 10.3. The van der Waals surface area contributed by atoms with Gasteiger partial charge in [0.15, 0.2) is 0 Å². The van der Waals surface area contributed by atoms with E-state index in [1.165, 1.54) is 11.3 Å². The Morgan fingerprint density at radius 3 is 2.75 bits per heavy atom. The fourth-order valence-corrected chi connectivity index (χ4v) is 2.97. The Morgan fingerprint density at radius 1 is 1.40 bits per heavy atom. The van der Waals surface area contributed by atoms with Crippen molar-refractivity contribution in [2.45, 2.75) is 33.2 Å². The molecule has 2 heterocycles. The third kappa shape index (κ3) is 3.77. The van der Waals surface area contributed by atoms with Gasteiger partial charge in [0.05, 0.1) is 17.2 Å². The van der Waals surface area contributed by atoms with E-state index in [-0.39, 0.29) is 0 Å². The Kier molecular flexibility index (Phi) is 5.09. The molecule has 1 N–H and O–H groups in total. The van der Waals surface area contributed by atoms with E-state index < -0.39 is 0 Å². The highest BCUT2D eigenvalue weighted by Crippen LogP contribution is 2.28. The number of halogens is 1. The van der Waals surface area contributed by atoms with E-state index >= 15 is 0 Å². The summed E-state index contributed by atoms with van der Waals surface area (Å²) in [6, 6.07) is 0. The van der Waals surface area contributed by atoms with Gasteiger partial charge in [-0.25, -0.2) is 15.0 Å². The van der Waals surface area contributed by atoms with Crippen LogP contribution in [0, 0.1) is 6.92 Å². The molecule has 4 nitrogen and oxygen atoms in total. The van der Waals surface area contributed by atoms with E-state index in [4.69, 9.17) is 11.6 Å². The van der Waals surface area contributed by atoms with Gasteiger partial charge in [-0.1, -0.05) is 25.1 Å². The smallest absolute Gasteiger partial charge is 0.147 e. The summed E-state index contributed by atoms with van der Waals surface area (Å²) in [5, 5.41) is 4.21. The maximum Gasteiger partial charge on any atom is 0.147 e.